The van der Waals surface area contributed by atoms with Crippen molar-refractivity contribution < 1.29 is 4.74 Å². The first kappa shape index (κ1) is 15.1. The summed E-state index contributed by atoms with van der Waals surface area (Å²) in [6.07, 6.45) is 2.08. The minimum atomic E-state index is 0.118. The highest BCUT2D eigenvalue weighted by molar-refractivity contribution is 6.35. The number of rotatable bonds is 4. The van der Waals surface area contributed by atoms with Gasteiger partial charge in [0.05, 0.1) is 0 Å². The van der Waals surface area contributed by atoms with Gasteiger partial charge in [0.1, 0.15) is 0 Å². The Morgan fingerprint density at radius 2 is 2.05 bits per heavy atom. The standard InChI is InChI=1S/C14H20Cl2N2O/c1-18(11-4-6-19-7-5-11)14(9-17)12-3-2-10(15)8-13(12)16/h2-3,8,11,14H,4-7,9,17H2,1H3. The molecule has 5 heteroatoms. The lowest BCUT2D eigenvalue weighted by Gasteiger charge is -2.37. The Hall–Kier alpha value is -0.320. The molecule has 0 saturated carbocycles. The van der Waals surface area contributed by atoms with Gasteiger partial charge in [-0.25, -0.2) is 0 Å². The first-order valence-electron chi connectivity index (χ1n) is 6.58. The number of hydrogen-bond acceptors (Lipinski definition) is 3. The van der Waals surface area contributed by atoms with Crippen molar-refractivity contribution >= 4 is 23.2 Å². The predicted molar refractivity (Wildman–Crippen MR) is 79.9 cm³/mol. The third-order valence-electron chi connectivity index (χ3n) is 3.80. The molecule has 2 N–H and O–H groups in total. The molecular weight excluding hydrogens is 283 g/mol. The molecule has 19 heavy (non-hydrogen) atoms. The number of hydrogen-bond donors (Lipinski definition) is 1. The van der Waals surface area contributed by atoms with Crippen molar-refractivity contribution in [2.45, 2.75) is 24.9 Å². The highest BCUT2D eigenvalue weighted by Gasteiger charge is 2.26. The maximum absolute atomic E-state index is 6.29. The molecule has 3 nitrogen and oxygen atoms in total. The largest absolute Gasteiger partial charge is 0.381 e. The van der Waals surface area contributed by atoms with E-state index in [0.717, 1.165) is 31.6 Å². The van der Waals surface area contributed by atoms with Gasteiger partial charge in [-0.05, 0) is 37.6 Å². The Labute approximate surface area is 124 Å². The monoisotopic (exact) mass is 302 g/mol. The van der Waals surface area contributed by atoms with Crippen molar-refractivity contribution in [3.8, 4) is 0 Å². The summed E-state index contributed by atoms with van der Waals surface area (Å²) in [5.41, 5.74) is 7.00. The maximum Gasteiger partial charge on any atom is 0.0485 e. The van der Waals surface area contributed by atoms with E-state index in [1.807, 2.05) is 12.1 Å². The molecule has 2 rings (SSSR count). The van der Waals surface area contributed by atoms with Crippen LogP contribution in [0.15, 0.2) is 18.2 Å². The SMILES string of the molecule is CN(C1CCOCC1)C(CN)c1ccc(Cl)cc1Cl. The normalized spacial score (nSPS) is 18.8. The molecule has 0 spiro atoms. The molecule has 1 aromatic carbocycles. The first-order chi connectivity index (χ1) is 9.13. The van der Waals surface area contributed by atoms with E-state index in [4.69, 9.17) is 33.7 Å². The Bertz CT molecular complexity index is 422. The van der Waals surface area contributed by atoms with Gasteiger partial charge in [0.2, 0.25) is 0 Å². The number of nitrogens with zero attached hydrogens (tertiary/aromatic N) is 1. The molecule has 0 amide bonds. The van der Waals surface area contributed by atoms with Crippen LogP contribution in [0.3, 0.4) is 0 Å². The van der Waals surface area contributed by atoms with Crippen molar-refractivity contribution in [1.82, 2.24) is 4.90 Å². The van der Waals surface area contributed by atoms with Crippen LogP contribution in [0.5, 0.6) is 0 Å². The minimum Gasteiger partial charge on any atom is -0.381 e. The first-order valence-corrected chi connectivity index (χ1v) is 7.33. The van der Waals surface area contributed by atoms with Crippen molar-refractivity contribution in [3.63, 3.8) is 0 Å². The molecule has 0 radical (unpaired) electrons. The third kappa shape index (κ3) is 3.61. The summed E-state index contributed by atoms with van der Waals surface area (Å²) in [4.78, 5) is 2.32. The zero-order valence-corrected chi connectivity index (χ0v) is 12.6. The van der Waals surface area contributed by atoms with E-state index in [2.05, 4.69) is 11.9 Å². The summed E-state index contributed by atoms with van der Waals surface area (Å²) in [6, 6.07) is 6.22. The van der Waals surface area contributed by atoms with Crippen LogP contribution in [0, 0.1) is 0 Å². The summed E-state index contributed by atoms with van der Waals surface area (Å²) < 4.78 is 5.41. The zero-order chi connectivity index (χ0) is 13.8. The summed E-state index contributed by atoms with van der Waals surface area (Å²) in [5, 5.41) is 1.33. The second-order valence-electron chi connectivity index (χ2n) is 4.93. The van der Waals surface area contributed by atoms with Gasteiger partial charge in [0.15, 0.2) is 0 Å². The fourth-order valence-corrected chi connectivity index (χ4v) is 3.17. The van der Waals surface area contributed by atoms with Crippen LogP contribution in [0.2, 0.25) is 10.0 Å². The van der Waals surface area contributed by atoms with E-state index in [9.17, 15) is 0 Å². The summed E-state index contributed by atoms with van der Waals surface area (Å²) >= 11 is 12.2. The van der Waals surface area contributed by atoms with Crippen molar-refractivity contribution in [2.24, 2.45) is 5.73 Å². The number of nitrogens with two attached hydrogens (primary N) is 1. The molecule has 106 valence electrons. The van der Waals surface area contributed by atoms with Gasteiger partial charge in [0, 0.05) is 41.9 Å². The quantitative estimate of drug-likeness (QED) is 0.929. The highest BCUT2D eigenvalue weighted by Crippen LogP contribution is 2.31. The third-order valence-corrected chi connectivity index (χ3v) is 4.37. The molecule has 1 aromatic rings. The lowest BCUT2D eigenvalue weighted by molar-refractivity contribution is 0.0294. The Kier molecular flexibility index (Phi) is 5.48. The number of benzene rings is 1. The van der Waals surface area contributed by atoms with Crippen LogP contribution in [0.25, 0.3) is 0 Å². The second kappa shape index (κ2) is 6.91. The van der Waals surface area contributed by atoms with Crippen molar-refractivity contribution in [2.75, 3.05) is 26.8 Å². The summed E-state index contributed by atoms with van der Waals surface area (Å²) in [7, 11) is 2.11. The van der Waals surface area contributed by atoms with Gasteiger partial charge in [-0.1, -0.05) is 29.3 Å². The minimum absolute atomic E-state index is 0.118. The molecular formula is C14H20Cl2N2O. The van der Waals surface area contributed by atoms with E-state index < -0.39 is 0 Å². The van der Waals surface area contributed by atoms with Crippen LogP contribution in [0.1, 0.15) is 24.4 Å². The van der Waals surface area contributed by atoms with Crippen molar-refractivity contribution in [3.05, 3.63) is 33.8 Å². The lowest BCUT2D eigenvalue weighted by atomic mass is 10.0. The van der Waals surface area contributed by atoms with E-state index in [1.54, 1.807) is 6.07 Å². The van der Waals surface area contributed by atoms with Gasteiger partial charge in [-0.2, -0.15) is 0 Å². The molecule has 0 aliphatic carbocycles. The predicted octanol–water partition coefficient (Wildman–Crippen LogP) is 3.10. The molecule has 0 bridgehead atoms. The van der Waals surface area contributed by atoms with Gasteiger partial charge in [0.25, 0.3) is 0 Å². The average molecular weight is 303 g/mol. The zero-order valence-electron chi connectivity index (χ0n) is 11.1. The van der Waals surface area contributed by atoms with Crippen LogP contribution < -0.4 is 5.73 Å². The molecule has 1 aliphatic heterocycles. The maximum atomic E-state index is 6.29. The van der Waals surface area contributed by atoms with E-state index in [-0.39, 0.29) is 6.04 Å². The van der Waals surface area contributed by atoms with Gasteiger partial charge in [-0.15, -0.1) is 0 Å². The van der Waals surface area contributed by atoms with E-state index >= 15 is 0 Å². The smallest absolute Gasteiger partial charge is 0.0485 e. The van der Waals surface area contributed by atoms with Gasteiger partial charge >= 0.3 is 0 Å². The highest BCUT2D eigenvalue weighted by atomic mass is 35.5. The van der Waals surface area contributed by atoms with Crippen molar-refractivity contribution in [1.29, 1.82) is 0 Å². The Morgan fingerprint density at radius 3 is 2.63 bits per heavy atom. The molecule has 1 atom stereocenters. The molecule has 1 heterocycles. The molecule has 1 unspecified atom stereocenters. The lowest BCUT2D eigenvalue weighted by Crippen LogP contribution is -2.41. The second-order valence-corrected chi connectivity index (χ2v) is 5.77. The molecule has 1 aliphatic rings. The number of halogens is 2. The van der Waals surface area contributed by atoms with Gasteiger partial charge in [-0.3, -0.25) is 4.90 Å². The Balaban J connectivity index is 2.18. The Morgan fingerprint density at radius 1 is 1.37 bits per heavy atom. The van der Waals surface area contributed by atoms with E-state index in [1.165, 1.54) is 0 Å². The molecule has 0 aromatic heterocycles. The fourth-order valence-electron chi connectivity index (χ4n) is 2.63. The fraction of sp³-hybridized carbons (Fsp3) is 0.571. The molecule has 1 fully saturated rings. The van der Waals surface area contributed by atoms with Crippen LogP contribution in [-0.4, -0.2) is 37.7 Å². The van der Waals surface area contributed by atoms with Gasteiger partial charge < -0.3 is 10.5 Å². The topological polar surface area (TPSA) is 38.5 Å². The number of likely N-dealkylation sites (N-methyl/N-ethyl adjacent to an activating group) is 1. The summed E-state index contributed by atoms with van der Waals surface area (Å²) in [6.45, 7) is 2.18. The number of ether oxygens (including phenoxy) is 1. The molecule has 1 saturated heterocycles. The summed E-state index contributed by atoms with van der Waals surface area (Å²) in [5.74, 6) is 0. The van der Waals surface area contributed by atoms with Crippen LogP contribution in [0.4, 0.5) is 0 Å². The van der Waals surface area contributed by atoms with E-state index in [0.29, 0.717) is 22.6 Å². The average Bonchev–Trinajstić information content (AvgIpc) is 2.42. The van der Waals surface area contributed by atoms with Crippen LogP contribution in [-0.2, 0) is 4.74 Å². The van der Waals surface area contributed by atoms with Crippen LogP contribution >= 0.6 is 23.2 Å².